The lowest BCUT2D eigenvalue weighted by Crippen LogP contribution is -2.36. The van der Waals surface area contributed by atoms with E-state index in [2.05, 4.69) is 0 Å². The van der Waals surface area contributed by atoms with Crippen LogP contribution in [0, 0.1) is 0 Å². The zero-order chi connectivity index (χ0) is 14.5. The summed E-state index contributed by atoms with van der Waals surface area (Å²) in [5.74, 6) is 0.167. The number of nitrogens with two attached hydrogens (primary N) is 1. The number of hydrogen-bond donors (Lipinski definition) is 1. The van der Waals surface area contributed by atoms with Gasteiger partial charge >= 0.3 is 0 Å². The SMILES string of the molecule is CCOCCN(CCOCC)C(=O)CCCC(C)N. The normalized spacial score (nSPS) is 12.4. The predicted molar refractivity (Wildman–Crippen MR) is 77.1 cm³/mol. The Balaban J connectivity index is 4.01. The molecule has 2 N–H and O–H groups in total. The van der Waals surface area contributed by atoms with Crippen molar-refractivity contribution in [3.63, 3.8) is 0 Å². The van der Waals surface area contributed by atoms with Gasteiger partial charge in [-0.1, -0.05) is 0 Å². The fourth-order valence-electron chi connectivity index (χ4n) is 1.73. The summed E-state index contributed by atoms with van der Waals surface area (Å²) in [6, 6.07) is 0.160. The zero-order valence-corrected chi connectivity index (χ0v) is 12.7. The fraction of sp³-hybridized carbons (Fsp3) is 0.929. The maximum absolute atomic E-state index is 12.1. The molecular weight excluding hydrogens is 244 g/mol. The van der Waals surface area contributed by atoms with Crippen molar-refractivity contribution < 1.29 is 14.3 Å². The second-order valence-corrected chi connectivity index (χ2v) is 4.64. The van der Waals surface area contributed by atoms with Gasteiger partial charge < -0.3 is 20.1 Å². The summed E-state index contributed by atoms with van der Waals surface area (Å²) in [6.07, 6.45) is 2.28. The summed E-state index contributed by atoms with van der Waals surface area (Å²) < 4.78 is 10.6. The van der Waals surface area contributed by atoms with E-state index in [4.69, 9.17) is 15.2 Å². The molecule has 0 saturated carbocycles. The second-order valence-electron chi connectivity index (χ2n) is 4.64. The molecule has 1 unspecified atom stereocenters. The molecule has 5 heteroatoms. The van der Waals surface area contributed by atoms with Crippen LogP contribution in [-0.2, 0) is 14.3 Å². The smallest absolute Gasteiger partial charge is 0.222 e. The van der Waals surface area contributed by atoms with Gasteiger partial charge in [-0.2, -0.15) is 0 Å². The first kappa shape index (κ1) is 18.4. The molecule has 0 fully saturated rings. The Morgan fingerprint density at radius 2 is 1.68 bits per heavy atom. The van der Waals surface area contributed by atoms with Crippen LogP contribution in [0.3, 0.4) is 0 Å². The number of hydrogen-bond acceptors (Lipinski definition) is 4. The molecule has 0 aromatic rings. The molecule has 1 atom stereocenters. The van der Waals surface area contributed by atoms with Crippen molar-refractivity contribution in [1.29, 1.82) is 0 Å². The molecule has 0 radical (unpaired) electrons. The highest BCUT2D eigenvalue weighted by atomic mass is 16.5. The van der Waals surface area contributed by atoms with Crippen molar-refractivity contribution in [3.8, 4) is 0 Å². The maximum Gasteiger partial charge on any atom is 0.222 e. The molecule has 0 saturated heterocycles. The molecule has 5 nitrogen and oxygen atoms in total. The van der Waals surface area contributed by atoms with E-state index in [0.717, 1.165) is 12.8 Å². The summed E-state index contributed by atoms with van der Waals surface area (Å²) in [5, 5.41) is 0. The first-order valence-corrected chi connectivity index (χ1v) is 7.30. The third-order valence-corrected chi connectivity index (χ3v) is 2.82. The predicted octanol–water partition coefficient (Wildman–Crippen LogP) is 1.41. The summed E-state index contributed by atoms with van der Waals surface area (Å²) >= 11 is 0. The van der Waals surface area contributed by atoms with Gasteiger partial charge in [0.05, 0.1) is 13.2 Å². The molecule has 0 aromatic heterocycles. The lowest BCUT2D eigenvalue weighted by Gasteiger charge is -2.22. The maximum atomic E-state index is 12.1. The van der Waals surface area contributed by atoms with Crippen LogP contribution in [-0.4, -0.2) is 56.4 Å². The van der Waals surface area contributed by atoms with E-state index in [1.165, 1.54) is 0 Å². The van der Waals surface area contributed by atoms with Crippen LogP contribution in [0.15, 0.2) is 0 Å². The Bertz CT molecular complexity index is 213. The minimum atomic E-state index is 0.160. The van der Waals surface area contributed by atoms with Crippen LogP contribution < -0.4 is 5.73 Å². The van der Waals surface area contributed by atoms with Crippen molar-refractivity contribution in [3.05, 3.63) is 0 Å². The van der Waals surface area contributed by atoms with Crippen LogP contribution >= 0.6 is 0 Å². The average Bonchev–Trinajstić information content (AvgIpc) is 2.36. The van der Waals surface area contributed by atoms with Gasteiger partial charge in [0, 0.05) is 38.8 Å². The molecule has 114 valence electrons. The van der Waals surface area contributed by atoms with Crippen LogP contribution in [0.25, 0.3) is 0 Å². The summed E-state index contributed by atoms with van der Waals surface area (Å²) in [7, 11) is 0. The number of nitrogens with zero attached hydrogens (tertiary/aromatic N) is 1. The van der Waals surface area contributed by atoms with E-state index in [1.807, 2.05) is 25.7 Å². The van der Waals surface area contributed by atoms with E-state index in [-0.39, 0.29) is 11.9 Å². The van der Waals surface area contributed by atoms with Gasteiger partial charge in [-0.05, 0) is 33.6 Å². The Morgan fingerprint density at radius 1 is 1.16 bits per heavy atom. The average molecular weight is 274 g/mol. The molecule has 0 aromatic carbocycles. The number of ether oxygens (including phenoxy) is 2. The van der Waals surface area contributed by atoms with Gasteiger partial charge in [-0.15, -0.1) is 0 Å². The highest BCUT2D eigenvalue weighted by molar-refractivity contribution is 5.76. The first-order valence-electron chi connectivity index (χ1n) is 7.30. The molecule has 0 bridgehead atoms. The van der Waals surface area contributed by atoms with Crippen LogP contribution in [0.5, 0.6) is 0 Å². The molecule has 0 aliphatic carbocycles. The van der Waals surface area contributed by atoms with Gasteiger partial charge in [-0.3, -0.25) is 4.79 Å². The second kappa shape index (κ2) is 12.4. The van der Waals surface area contributed by atoms with Crippen LogP contribution in [0.2, 0.25) is 0 Å². The van der Waals surface area contributed by atoms with Gasteiger partial charge in [-0.25, -0.2) is 0 Å². The third-order valence-electron chi connectivity index (χ3n) is 2.82. The van der Waals surface area contributed by atoms with Gasteiger partial charge in [0.15, 0.2) is 0 Å². The summed E-state index contributed by atoms with van der Waals surface area (Å²) in [5.41, 5.74) is 5.69. The van der Waals surface area contributed by atoms with Crippen molar-refractivity contribution in [1.82, 2.24) is 4.90 Å². The van der Waals surface area contributed by atoms with Crippen LogP contribution in [0.1, 0.15) is 40.0 Å². The number of carbonyl (C=O) groups excluding carboxylic acids is 1. The van der Waals surface area contributed by atoms with Crippen molar-refractivity contribution in [2.75, 3.05) is 39.5 Å². The molecule has 0 aliphatic heterocycles. The van der Waals surface area contributed by atoms with E-state index >= 15 is 0 Å². The van der Waals surface area contributed by atoms with E-state index in [0.29, 0.717) is 45.9 Å². The lowest BCUT2D eigenvalue weighted by molar-refractivity contribution is -0.132. The Labute approximate surface area is 117 Å². The Hall–Kier alpha value is -0.650. The lowest BCUT2D eigenvalue weighted by atomic mass is 10.1. The highest BCUT2D eigenvalue weighted by Gasteiger charge is 2.13. The van der Waals surface area contributed by atoms with Crippen molar-refractivity contribution >= 4 is 5.91 Å². The highest BCUT2D eigenvalue weighted by Crippen LogP contribution is 2.03. The largest absolute Gasteiger partial charge is 0.380 e. The Kier molecular flexibility index (Phi) is 12.0. The van der Waals surface area contributed by atoms with Crippen molar-refractivity contribution in [2.24, 2.45) is 5.73 Å². The first-order chi connectivity index (χ1) is 9.11. The minimum absolute atomic E-state index is 0.160. The van der Waals surface area contributed by atoms with E-state index < -0.39 is 0 Å². The number of rotatable bonds is 12. The zero-order valence-electron chi connectivity index (χ0n) is 12.7. The molecule has 0 heterocycles. The summed E-state index contributed by atoms with van der Waals surface area (Å²) in [6.45, 7) is 9.67. The van der Waals surface area contributed by atoms with E-state index in [9.17, 15) is 4.79 Å². The molecule has 1 amide bonds. The quantitative estimate of drug-likeness (QED) is 0.546. The van der Waals surface area contributed by atoms with Crippen LogP contribution in [0.4, 0.5) is 0 Å². The standard InChI is InChI=1S/C14H30N2O3/c1-4-18-11-9-16(10-12-19-5-2)14(17)8-6-7-13(3)15/h13H,4-12,15H2,1-3H3. The summed E-state index contributed by atoms with van der Waals surface area (Å²) in [4.78, 5) is 13.9. The van der Waals surface area contributed by atoms with Crippen molar-refractivity contribution in [2.45, 2.75) is 46.1 Å². The third kappa shape index (κ3) is 10.9. The molecule has 0 spiro atoms. The number of amides is 1. The fourth-order valence-corrected chi connectivity index (χ4v) is 1.73. The van der Waals surface area contributed by atoms with E-state index in [1.54, 1.807) is 0 Å². The van der Waals surface area contributed by atoms with Gasteiger partial charge in [0.1, 0.15) is 0 Å². The van der Waals surface area contributed by atoms with Gasteiger partial charge in [0.25, 0.3) is 0 Å². The Morgan fingerprint density at radius 3 is 2.11 bits per heavy atom. The number of carbonyl (C=O) groups is 1. The minimum Gasteiger partial charge on any atom is -0.380 e. The topological polar surface area (TPSA) is 64.8 Å². The van der Waals surface area contributed by atoms with Gasteiger partial charge in [0.2, 0.25) is 5.91 Å². The molecule has 0 rings (SSSR count). The molecular formula is C14H30N2O3. The molecule has 19 heavy (non-hydrogen) atoms. The monoisotopic (exact) mass is 274 g/mol. The molecule has 0 aliphatic rings.